The highest BCUT2D eigenvalue weighted by atomic mass is 35.5. The third kappa shape index (κ3) is 5.32. The van der Waals surface area contributed by atoms with E-state index in [1.165, 1.54) is 0 Å². The lowest BCUT2D eigenvalue weighted by molar-refractivity contribution is 0.0792. The Morgan fingerprint density at radius 2 is 2.07 bits per heavy atom. The molecule has 0 saturated heterocycles. The number of hydrogen-bond acceptors (Lipinski definition) is 4. The molecule has 0 aliphatic carbocycles. The van der Waals surface area contributed by atoms with Crippen LogP contribution in [0.15, 0.2) is 60.9 Å². The molecule has 0 unspecified atom stereocenters. The fourth-order valence-corrected chi connectivity index (χ4v) is 2.60. The molecule has 0 bridgehead atoms. The number of para-hydroxylation sites is 1. The molecule has 0 aliphatic heterocycles. The molecule has 6 nitrogen and oxygen atoms in total. The minimum atomic E-state index is -0.217. The van der Waals surface area contributed by atoms with Crippen molar-refractivity contribution in [3.8, 4) is 5.75 Å². The van der Waals surface area contributed by atoms with E-state index in [0.717, 1.165) is 5.56 Å². The standard InChI is InChI=1S/C20H20ClN3O3/c1-2-26-14-24-12-17(11-22-24)23-20(25)16-7-5-6-15(10-16)13-27-19-9-4-3-8-18(19)21/h3-12H,2,13-14H2,1H3,(H,23,25). The van der Waals surface area contributed by atoms with Crippen molar-refractivity contribution in [3.63, 3.8) is 0 Å². The summed E-state index contributed by atoms with van der Waals surface area (Å²) in [4.78, 5) is 12.5. The number of anilines is 1. The zero-order chi connectivity index (χ0) is 19.1. The van der Waals surface area contributed by atoms with Crippen molar-refractivity contribution < 1.29 is 14.3 Å². The molecule has 3 rings (SSSR count). The summed E-state index contributed by atoms with van der Waals surface area (Å²) in [6.07, 6.45) is 3.30. The summed E-state index contributed by atoms with van der Waals surface area (Å²) < 4.78 is 12.6. The number of amides is 1. The molecule has 7 heteroatoms. The van der Waals surface area contributed by atoms with Crippen LogP contribution in [-0.2, 0) is 18.1 Å². The lowest BCUT2D eigenvalue weighted by Gasteiger charge is -2.09. The van der Waals surface area contributed by atoms with Gasteiger partial charge in [-0.25, -0.2) is 4.68 Å². The second kappa shape index (κ2) is 9.21. The van der Waals surface area contributed by atoms with Crippen molar-refractivity contribution >= 4 is 23.2 Å². The Morgan fingerprint density at radius 3 is 2.89 bits per heavy atom. The monoisotopic (exact) mass is 385 g/mol. The fraction of sp³-hybridized carbons (Fsp3) is 0.200. The van der Waals surface area contributed by atoms with Gasteiger partial charge in [-0.15, -0.1) is 0 Å². The molecule has 0 radical (unpaired) electrons. The Kier molecular flexibility index (Phi) is 6.46. The van der Waals surface area contributed by atoms with Gasteiger partial charge in [0.2, 0.25) is 0 Å². The molecule has 3 aromatic rings. The summed E-state index contributed by atoms with van der Waals surface area (Å²) in [5.41, 5.74) is 2.01. The number of carbonyl (C=O) groups excluding carboxylic acids is 1. The van der Waals surface area contributed by atoms with Gasteiger partial charge in [0.25, 0.3) is 5.91 Å². The van der Waals surface area contributed by atoms with E-state index in [1.807, 2.05) is 31.2 Å². The first-order valence-electron chi connectivity index (χ1n) is 8.53. The van der Waals surface area contributed by atoms with Gasteiger partial charge in [-0.05, 0) is 36.8 Å². The van der Waals surface area contributed by atoms with Gasteiger partial charge in [-0.2, -0.15) is 5.10 Å². The van der Waals surface area contributed by atoms with Crippen LogP contribution >= 0.6 is 11.6 Å². The molecule has 1 heterocycles. The minimum absolute atomic E-state index is 0.217. The highest BCUT2D eigenvalue weighted by molar-refractivity contribution is 6.32. The Balaban J connectivity index is 1.61. The normalized spacial score (nSPS) is 10.6. The number of aromatic nitrogens is 2. The van der Waals surface area contributed by atoms with Crippen LogP contribution in [0.4, 0.5) is 5.69 Å². The minimum Gasteiger partial charge on any atom is -0.487 e. The highest BCUT2D eigenvalue weighted by Crippen LogP contribution is 2.24. The van der Waals surface area contributed by atoms with Gasteiger partial charge in [0.1, 0.15) is 19.1 Å². The van der Waals surface area contributed by atoms with Gasteiger partial charge in [-0.3, -0.25) is 4.79 Å². The smallest absolute Gasteiger partial charge is 0.255 e. The second-order valence-electron chi connectivity index (χ2n) is 5.76. The van der Waals surface area contributed by atoms with Gasteiger partial charge >= 0.3 is 0 Å². The zero-order valence-corrected chi connectivity index (χ0v) is 15.6. The summed E-state index contributed by atoms with van der Waals surface area (Å²) in [7, 11) is 0. The number of ether oxygens (including phenoxy) is 2. The molecule has 1 aromatic heterocycles. The summed E-state index contributed by atoms with van der Waals surface area (Å²) >= 11 is 6.09. The average molecular weight is 386 g/mol. The first-order valence-corrected chi connectivity index (χ1v) is 8.91. The topological polar surface area (TPSA) is 65.4 Å². The van der Waals surface area contributed by atoms with E-state index in [2.05, 4.69) is 10.4 Å². The molecule has 140 valence electrons. The number of nitrogens with zero attached hydrogens (tertiary/aromatic N) is 2. The lowest BCUT2D eigenvalue weighted by atomic mass is 10.1. The first-order chi connectivity index (χ1) is 13.2. The third-order valence-corrected chi connectivity index (χ3v) is 4.05. The van der Waals surface area contributed by atoms with E-state index in [0.29, 0.717) is 42.0 Å². The quantitative estimate of drug-likeness (QED) is 0.625. The molecular weight excluding hydrogens is 366 g/mol. The molecule has 0 spiro atoms. The number of carbonyl (C=O) groups is 1. The Bertz CT molecular complexity index is 911. The van der Waals surface area contributed by atoms with Crippen LogP contribution in [-0.4, -0.2) is 22.3 Å². The van der Waals surface area contributed by atoms with Crippen LogP contribution in [0, 0.1) is 0 Å². The summed E-state index contributed by atoms with van der Waals surface area (Å²) in [5.74, 6) is 0.390. The van der Waals surface area contributed by atoms with Crippen LogP contribution in [0.2, 0.25) is 5.02 Å². The van der Waals surface area contributed by atoms with Gasteiger partial charge < -0.3 is 14.8 Å². The second-order valence-corrected chi connectivity index (χ2v) is 6.17. The van der Waals surface area contributed by atoms with Crippen LogP contribution in [0.1, 0.15) is 22.8 Å². The van der Waals surface area contributed by atoms with E-state index in [1.54, 1.807) is 41.3 Å². The Hall–Kier alpha value is -2.83. The molecule has 1 amide bonds. The molecule has 2 aromatic carbocycles. The van der Waals surface area contributed by atoms with Crippen molar-refractivity contribution in [1.29, 1.82) is 0 Å². The van der Waals surface area contributed by atoms with Crippen LogP contribution < -0.4 is 10.1 Å². The number of halogens is 1. The van der Waals surface area contributed by atoms with E-state index >= 15 is 0 Å². The largest absolute Gasteiger partial charge is 0.487 e. The van der Waals surface area contributed by atoms with Crippen molar-refractivity contribution in [2.45, 2.75) is 20.3 Å². The third-order valence-electron chi connectivity index (χ3n) is 3.74. The van der Waals surface area contributed by atoms with Crippen LogP contribution in [0.25, 0.3) is 0 Å². The molecule has 1 N–H and O–H groups in total. The molecule has 0 aliphatic rings. The summed E-state index contributed by atoms with van der Waals surface area (Å²) in [6, 6.07) is 14.5. The number of nitrogens with one attached hydrogen (secondary N) is 1. The molecular formula is C20H20ClN3O3. The van der Waals surface area contributed by atoms with Crippen molar-refractivity contribution in [3.05, 3.63) is 77.1 Å². The fourth-order valence-electron chi connectivity index (χ4n) is 2.41. The van der Waals surface area contributed by atoms with Gasteiger partial charge in [0.15, 0.2) is 0 Å². The van der Waals surface area contributed by atoms with Gasteiger partial charge in [0.05, 0.1) is 23.1 Å². The summed E-state index contributed by atoms with van der Waals surface area (Å²) in [6.45, 7) is 3.18. The van der Waals surface area contributed by atoms with Crippen LogP contribution in [0.3, 0.4) is 0 Å². The number of benzene rings is 2. The van der Waals surface area contributed by atoms with E-state index in [9.17, 15) is 4.79 Å². The summed E-state index contributed by atoms with van der Waals surface area (Å²) in [5, 5.41) is 7.51. The maximum absolute atomic E-state index is 12.5. The van der Waals surface area contributed by atoms with E-state index in [-0.39, 0.29) is 5.91 Å². The molecule has 0 atom stereocenters. The average Bonchev–Trinajstić information content (AvgIpc) is 3.13. The predicted octanol–water partition coefficient (Wildman–Crippen LogP) is 4.36. The molecule has 0 fully saturated rings. The lowest BCUT2D eigenvalue weighted by Crippen LogP contribution is -2.12. The van der Waals surface area contributed by atoms with Gasteiger partial charge in [0, 0.05) is 12.2 Å². The Morgan fingerprint density at radius 1 is 1.22 bits per heavy atom. The Labute approximate surface area is 162 Å². The highest BCUT2D eigenvalue weighted by Gasteiger charge is 2.09. The SMILES string of the molecule is CCOCn1cc(NC(=O)c2cccc(COc3ccccc3Cl)c2)cn1. The van der Waals surface area contributed by atoms with Crippen LogP contribution in [0.5, 0.6) is 5.75 Å². The van der Waals surface area contributed by atoms with E-state index < -0.39 is 0 Å². The number of rotatable bonds is 8. The van der Waals surface area contributed by atoms with Gasteiger partial charge in [-0.1, -0.05) is 35.9 Å². The van der Waals surface area contributed by atoms with Crippen molar-refractivity contribution in [2.24, 2.45) is 0 Å². The predicted molar refractivity (Wildman–Crippen MR) is 104 cm³/mol. The van der Waals surface area contributed by atoms with Crippen molar-refractivity contribution in [1.82, 2.24) is 9.78 Å². The van der Waals surface area contributed by atoms with Crippen molar-refractivity contribution in [2.75, 3.05) is 11.9 Å². The zero-order valence-electron chi connectivity index (χ0n) is 14.9. The molecule has 27 heavy (non-hydrogen) atoms. The maximum atomic E-state index is 12.5. The van der Waals surface area contributed by atoms with E-state index in [4.69, 9.17) is 21.1 Å². The first kappa shape index (κ1) is 18.9. The molecule has 0 saturated carbocycles. The maximum Gasteiger partial charge on any atom is 0.255 e. The number of hydrogen-bond donors (Lipinski definition) is 1.